The van der Waals surface area contributed by atoms with Crippen molar-refractivity contribution in [3.63, 3.8) is 0 Å². The zero-order valence-electron chi connectivity index (χ0n) is 12.9. The maximum Gasteiger partial charge on any atom is 0.225 e. The van der Waals surface area contributed by atoms with Crippen molar-refractivity contribution in [3.05, 3.63) is 78.1 Å². The fraction of sp³-hybridized carbons (Fsp3) is 0.158. The van der Waals surface area contributed by atoms with E-state index in [1.807, 2.05) is 42.5 Å². The maximum absolute atomic E-state index is 4.49. The molecule has 1 aromatic heterocycles. The summed E-state index contributed by atoms with van der Waals surface area (Å²) in [6.07, 6.45) is 3.77. The fourth-order valence-electron chi connectivity index (χ4n) is 2.34. The summed E-state index contributed by atoms with van der Waals surface area (Å²) < 4.78 is 0. The average Bonchev–Trinajstić information content (AvgIpc) is 2.57. The van der Waals surface area contributed by atoms with E-state index in [2.05, 4.69) is 53.3 Å². The number of hydrogen-bond acceptors (Lipinski definition) is 3. The van der Waals surface area contributed by atoms with Gasteiger partial charge < -0.3 is 4.90 Å². The van der Waals surface area contributed by atoms with Crippen LogP contribution in [-0.4, -0.2) is 17.0 Å². The van der Waals surface area contributed by atoms with Crippen LogP contribution >= 0.6 is 0 Å². The van der Waals surface area contributed by atoms with Crippen molar-refractivity contribution in [1.29, 1.82) is 0 Å². The molecule has 3 rings (SSSR count). The van der Waals surface area contributed by atoms with Crippen LogP contribution in [0.3, 0.4) is 0 Å². The highest BCUT2D eigenvalue weighted by Crippen LogP contribution is 2.19. The summed E-state index contributed by atoms with van der Waals surface area (Å²) in [6, 6.07) is 18.7. The molecule has 0 N–H and O–H groups in total. The van der Waals surface area contributed by atoms with Gasteiger partial charge in [0.25, 0.3) is 0 Å². The van der Waals surface area contributed by atoms with Gasteiger partial charge in [-0.05, 0) is 18.1 Å². The molecule has 110 valence electrons. The van der Waals surface area contributed by atoms with Gasteiger partial charge in [0.05, 0.1) is 0 Å². The minimum absolute atomic E-state index is 0.736. The third kappa shape index (κ3) is 3.31. The molecule has 3 aromatic rings. The molecule has 0 bridgehead atoms. The third-order valence-corrected chi connectivity index (χ3v) is 3.63. The molecule has 0 atom stereocenters. The topological polar surface area (TPSA) is 29.0 Å². The van der Waals surface area contributed by atoms with Gasteiger partial charge in [0.2, 0.25) is 5.95 Å². The Hall–Kier alpha value is -2.68. The molecular formula is C19H19N3. The Bertz CT molecular complexity index is 719. The van der Waals surface area contributed by atoms with Crippen LogP contribution in [0.25, 0.3) is 11.1 Å². The van der Waals surface area contributed by atoms with E-state index in [4.69, 9.17) is 0 Å². The normalized spacial score (nSPS) is 10.5. The molecule has 0 spiro atoms. The first-order valence-electron chi connectivity index (χ1n) is 7.36. The van der Waals surface area contributed by atoms with E-state index in [-0.39, 0.29) is 0 Å². The Kier molecular flexibility index (Phi) is 4.15. The van der Waals surface area contributed by atoms with Gasteiger partial charge in [-0.25, -0.2) is 9.97 Å². The molecule has 0 saturated carbocycles. The van der Waals surface area contributed by atoms with Gasteiger partial charge in [0, 0.05) is 31.5 Å². The van der Waals surface area contributed by atoms with Crippen LogP contribution in [0.1, 0.15) is 11.1 Å². The van der Waals surface area contributed by atoms with Gasteiger partial charge in [0.1, 0.15) is 0 Å². The van der Waals surface area contributed by atoms with Crippen molar-refractivity contribution in [2.45, 2.75) is 13.5 Å². The highest BCUT2D eigenvalue weighted by molar-refractivity contribution is 5.62. The zero-order valence-corrected chi connectivity index (χ0v) is 12.9. The van der Waals surface area contributed by atoms with Crippen molar-refractivity contribution < 1.29 is 0 Å². The summed E-state index contributed by atoms with van der Waals surface area (Å²) in [5.41, 5.74) is 4.68. The molecule has 0 amide bonds. The summed E-state index contributed by atoms with van der Waals surface area (Å²) in [6.45, 7) is 2.88. The van der Waals surface area contributed by atoms with Crippen LogP contribution in [0.2, 0.25) is 0 Å². The first-order chi connectivity index (χ1) is 10.7. The van der Waals surface area contributed by atoms with E-state index >= 15 is 0 Å². The molecule has 2 aromatic carbocycles. The van der Waals surface area contributed by atoms with Crippen LogP contribution in [0.5, 0.6) is 0 Å². The molecule has 22 heavy (non-hydrogen) atoms. The lowest BCUT2D eigenvalue weighted by Crippen LogP contribution is -2.18. The predicted molar refractivity (Wildman–Crippen MR) is 90.8 cm³/mol. The van der Waals surface area contributed by atoms with E-state index in [0.717, 1.165) is 23.6 Å². The average molecular weight is 289 g/mol. The second-order valence-electron chi connectivity index (χ2n) is 5.48. The summed E-state index contributed by atoms with van der Waals surface area (Å²) in [5.74, 6) is 0.736. The lowest BCUT2D eigenvalue weighted by atomic mass is 10.1. The number of nitrogens with zero attached hydrogens (tertiary/aromatic N) is 3. The second kappa shape index (κ2) is 6.39. The molecule has 0 aliphatic carbocycles. The standard InChI is InChI=1S/C19H19N3/c1-15-8-10-17(11-9-15)18-12-20-19(21-13-18)22(2)14-16-6-4-3-5-7-16/h3-13H,14H2,1-2H3. The van der Waals surface area contributed by atoms with E-state index in [1.165, 1.54) is 11.1 Å². The fourth-order valence-corrected chi connectivity index (χ4v) is 2.34. The molecular weight excluding hydrogens is 270 g/mol. The minimum Gasteiger partial charge on any atom is -0.340 e. The van der Waals surface area contributed by atoms with Gasteiger partial charge in [-0.15, -0.1) is 0 Å². The molecule has 3 heteroatoms. The van der Waals surface area contributed by atoms with Crippen LogP contribution in [0.15, 0.2) is 67.0 Å². The van der Waals surface area contributed by atoms with Gasteiger partial charge in [0.15, 0.2) is 0 Å². The van der Waals surface area contributed by atoms with Crippen LogP contribution in [-0.2, 0) is 6.54 Å². The SMILES string of the molecule is Cc1ccc(-c2cnc(N(C)Cc3ccccc3)nc2)cc1. The first-order valence-corrected chi connectivity index (χ1v) is 7.36. The summed E-state index contributed by atoms with van der Waals surface area (Å²) in [4.78, 5) is 11.0. The summed E-state index contributed by atoms with van der Waals surface area (Å²) in [5, 5.41) is 0. The number of anilines is 1. The van der Waals surface area contributed by atoms with Gasteiger partial charge in [-0.1, -0.05) is 60.2 Å². The first kappa shape index (κ1) is 14.3. The molecule has 1 heterocycles. The molecule has 0 aliphatic heterocycles. The van der Waals surface area contributed by atoms with Gasteiger partial charge in [-0.3, -0.25) is 0 Å². The molecule has 0 saturated heterocycles. The third-order valence-electron chi connectivity index (χ3n) is 3.63. The van der Waals surface area contributed by atoms with Gasteiger partial charge in [-0.2, -0.15) is 0 Å². The monoisotopic (exact) mass is 289 g/mol. The Balaban J connectivity index is 1.75. The Labute approximate surface area is 131 Å². The zero-order chi connectivity index (χ0) is 15.4. The van der Waals surface area contributed by atoms with Crippen molar-refractivity contribution >= 4 is 5.95 Å². The van der Waals surface area contributed by atoms with Crippen LogP contribution < -0.4 is 4.90 Å². The highest BCUT2D eigenvalue weighted by atomic mass is 15.2. The molecule has 3 nitrogen and oxygen atoms in total. The van der Waals surface area contributed by atoms with Crippen LogP contribution in [0, 0.1) is 6.92 Å². The highest BCUT2D eigenvalue weighted by Gasteiger charge is 2.06. The van der Waals surface area contributed by atoms with E-state index in [0.29, 0.717) is 0 Å². The molecule has 0 aliphatic rings. The largest absolute Gasteiger partial charge is 0.340 e. The maximum atomic E-state index is 4.49. The lowest BCUT2D eigenvalue weighted by Gasteiger charge is -2.17. The van der Waals surface area contributed by atoms with Crippen molar-refractivity contribution in [3.8, 4) is 11.1 Å². The summed E-state index contributed by atoms with van der Waals surface area (Å²) in [7, 11) is 2.01. The Morgan fingerprint density at radius 2 is 1.45 bits per heavy atom. The smallest absolute Gasteiger partial charge is 0.225 e. The number of aromatic nitrogens is 2. The van der Waals surface area contributed by atoms with E-state index < -0.39 is 0 Å². The lowest BCUT2D eigenvalue weighted by molar-refractivity contribution is 0.867. The number of hydrogen-bond donors (Lipinski definition) is 0. The van der Waals surface area contributed by atoms with E-state index in [1.54, 1.807) is 0 Å². The molecule has 0 unspecified atom stereocenters. The predicted octanol–water partition coefficient (Wildman–Crippen LogP) is 4.09. The minimum atomic E-state index is 0.736. The molecule has 0 fully saturated rings. The number of rotatable bonds is 4. The quantitative estimate of drug-likeness (QED) is 0.724. The van der Waals surface area contributed by atoms with Crippen molar-refractivity contribution in [2.75, 3.05) is 11.9 Å². The van der Waals surface area contributed by atoms with Crippen molar-refractivity contribution in [1.82, 2.24) is 9.97 Å². The van der Waals surface area contributed by atoms with E-state index in [9.17, 15) is 0 Å². The molecule has 0 radical (unpaired) electrons. The number of aryl methyl sites for hydroxylation is 1. The Morgan fingerprint density at radius 3 is 2.09 bits per heavy atom. The Morgan fingerprint density at radius 1 is 0.818 bits per heavy atom. The second-order valence-corrected chi connectivity index (χ2v) is 5.48. The number of benzene rings is 2. The van der Waals surface area contributed by atoms with Crippen LogP contribution in [0.4, 0.5) is 5.95 Å². The van der Waals surface area contributed by atoms with Gasteiger partial charge >= 0.3 is 0 Å². The van der Waals surface area contributed by atoms with Crippen molar-refractivity contribution in [2.24, 2.45) is 0 Å². The summed E-state index contributed by atoms with van der Waals surface area (Å²) >= 11 is 0.